The summed E-state index contributed by atoms with van der Waals surface area (Å²) in [5.41, 5.74) is 0. The van der Waals surface area contributed by atoms with Crippen LogP contribution in [0.4, 0.5) is 0 Å². The van der Waals surface area contributed by atoms with Crippen LogP contribution in [0.2, 0.25) is 0 Å². The highest BCUT2D eigenvalue weighted by molar-refractivity contribution is 4.51. The van der Waals surface area contributed by atoms with Gasteiger partial charge in [-0.15, -0.1) is 0 Å². The first-order chi connectivity index (χ1) is 5.50. The predicted molar refractivity (Wildman–Crippen MR) is 61.7 cm³/mol. The fraction of sp³-hybridized carbons (Fsp3) is 1.00. The van der Waals surface area contributed by atoms with Crippen LogP contribution in [0.5, 0.6) is 0 Å². The van der Waals surface area contributed by atoms with Crippen molar-refractivity contribution < 1.29 is 0 Å². The third-order valence-electron chi connectivity index (χ3n) is 1.75. The Hall–Kier alpha value is 0. The van der Waals surface area contributed by atoms with Crippen LogP contribution in [-0.2, 0) is 0 Å². The van der Waals surface area contributed by atoms with Gasteiger partial charge in [-0.2, -0.15) is 0 Å². The van der Waals surface area contributed by atoms with E-state index in [1.165, 1.54) is 44.9 Å². The minimum atomic E-state index is 0. The molecule has 1 saturated carbocycles. The van der Waals surface area contributed by atoms with Crippen LogP contribution in [0.1, 0.15) is 80.1 Å². The fourth-order valence-corrected chi connectivity index (χ4v) is 1.24. The molecule has 1 fully saturated rings. The summed E-state index contributed by atoms with van der Waals surface area (Å²) in [5.74, 6) is 0. The van der Waals surface area contributed by atoms with Gasteiger partial charge in [0, 0.05) is 0 Å². The Kier molecular flexibility index (Phi) is 33.5. The zero-order valence-corrected chi connectivity index (χ0v) is 8.95. The van der Waals surface area contributed by atoms with Gasteiger partial charge in [0.05, 0.1) is 0 Å². The summed E-state index contributed by atoms with van der Waals surface area (Å²) in [4.78, 5) is 0. The average Bonchev–Trinajstić information content (AvgIpc) is 2.42. The minimum absolute atomic E-state index is 0. The second-order valence-electron chi connectivity index (χ2n) is 2.47. The van der Waals surface area contributed by atoms with Gasteiger partial charge >= 0.3 is 0 Å². The molecular formula is C12H30. The lowest BCUT2D eigenvalue weighted by molar-refractivity contribution is 0.702. The summed E-state index contributed by atoms with van der Waals surface area (Å²) in [6, 6.07) is 0. The summed E-state index contributed by atoms with van der Waals surface area (Å²) >= 11 is 0. The van der Waals surface area contributed by atoms with E-state index < -0.39 is 0 Å². The Morgan fingerprint density at radius 3 is 0.583 bits per heavy atom. The van der Waals surface area contributed by atoms with Gasteiger partial charge in [0.15, 0.2) is 0 Å². The molecule has 0 saturated heterocycles. The highest BCUT2D eigenvalue weighted by Gasteiger charge is 1.95. The van der Waals surface area contributed by atoms with Crippen LogP contribution < -0.4 is 0 Å². The quantitative estimate of drug-likeness (QED) is 0.430. The minimum Gasteiger partial charge on any atom is -0.0776 e. The van der Waals surface area contributed by atoms with E-state index >= 15 is 0 Å². The van der Waals surface area contributed by atoms with Crippen LogP contribution in [0.25, 0.3) is 0 Å². The van der Waals surface area contributed by atoms with Gasteiger partial charge in [0.25, 0.3) is 0 Å². The molecule has 0 spiro atoms. The van der Waals surface area contributed by atoms with E-state index in [9.17, 15) is 0 Å². The van der Waals surface area contributed by atoms with Gasteiger partial charge in [-0.05, 0) is 0 Å². The first-order valence-electron chi connectivity index (χ1n) is 5.50. The Bertz CT molecular complexity index is 19.7. The van der Waals surface area contributed by atoms with Gasteiger partial charge in [0.2, 0.25) is 0 Å². The standard InChI is InChI=1S/C7H14.2C2H6.CH4/c1-2-4-6-7-5-3-1;2*1-2;/h1-7H2;2*1-2H3;1H4. The van der Waals surface area contributed by atoms with Crippen molar-refractivity contribution in [2.45, 2.75) is 80.1 Å². The highest BCUT2D eigenvalue weighted by atomic mass is 14.0. The van der Waals surface area contributed by atoms with Crippen molar-refractivity contribution >= 4 is 0 Å². The Morgan fingerprint density at radius 2 is 0.500 bits per heavy atom. The maximum Gasteiger partial charge on any atom is -0.0533 e. The first kappa shape index (κ1) is 17.9. The molecule has 0 heterocycles. The monoisotopic (exact) mass is 174 g/mol. The van der Waals surface area contributed by atoms with E-state index in [1.54, 1.807) is 0 Å². The van der Waals surface area contributed by atoms with Gasteiger partial charge in [-0.3, -0.25) is 0 Å². The fourth-order valence-electron chi connectivity index (χ4n) is 1.24. The molecule has 0 heteroatoms. The molecule has 0 amide bonds. The molecule has 0 aromatic rings. The maximum absolute atomic E-state index is 2.00. The van der Waals surface area contributed by atoms with Crippen LogP contribution in [0.3, 0.4) is 0 Å². The third-order valence-corrected chi connectivity index (χ3v) is 1.75. The molecule has 0 aromatic heterocycles. The highest BCUT2D eigenvalue weighted by Crippen LogP contribution is 2.15. The molecule has 0 atom stereocenters. The zero-order chi connectivity index (χ0) is 8.95. The molecule has 0 N–H and O–H groups in total. The molecule has 1 aliphatic rings. The number of hydrogen-bond donors (Lipinski definition) is 0. The molecule has 12 heavy (non-hydrogen) atoms. The SMILES string of the molecule is C.C1CCCCCC1.CC.CC. The average molecular weight is 174 g/mol. The lowest BCUT2D eigenvalue weighted by Crippen LogP contribution is -1.66. The molecule has 0 unspecified atom stereocenters. The van der Waals surface area contributed by atoms with E-state index in [4.69, 9.17) is 0 Å². The van der Waals surface area contributed by atoms with Crippen molar-refractivity contribution in [3.05, 3.63) is 0 Å². The van der Waals surface area contributed by atoms with Crippen molar-refractivity contribution in [1.29, 1.82) is 0 Å². The number of hydrogen-bond acceptors (Lipinski definition) is 0. The van der Waals surface area contributed by atoms with Crippen molar-refractivity contribution in [3.63, 3.8) is 0 Å². The molecule has 1 rings (SSSR count). The second-order valence-corrected chi connectivity index (χ2v) is 2.47. The first-order valence-corrected chi connectivity index (χ1v) is 5.50. The van der Waals surface area contributed by atoms with E-state index in [0.29, 0.717) is 0 Å². The Labute approximate surface area is 80.8 Å². The second kappa shape index (κ2) is 22.4. The summed E-state index contributed by atoms with van der Waals surface area (Å²) in [6.45, 7) is 8.00. The Morgan fingerprint density at radius 1 is 0.417 bits per heavy atom. The molecule has 0 radical (unpaired) electrons. The third kappa shape index (κ3) is 16.5. The molecule has 0 aromatic carbocycles. The molecule has 0 aliphatic heterocycles. The van der Waals surface area contributed by atoms with Gasteiger partial charge < -0.3 is 0 Å². The van der Waals surface area contributed by atoms with E-state index in [-0.39, 0.29) is 7.43 Å². The normalized spacial score (nSPS) is 15.0. The summed E-state index contributed by atoms with van der Waals surface area (Å²) in [6.07, 6.45) is 10.5. The van der Waals surface area contributed by atoms with E-state index in [0.717, 1.165) is 0 Å². The molecule has 78 valence electrons. The predicted octanol–water partition coefficient (Wildman–Crippen LogP) is 5.42. The summed E-state index contributed by atoms with van der Waals surface area (Å²) in [5, 5.41) is 0. The van der Waals surface area contributed by atoms with Crippen molar-refractivity contribution in [3.8, 4) is 0 Å². The zero-order valence-electron chi connectivity index (χ0n) is 8.95. The van der Waals surface area contributed by atoms with Crippen molar-refractivity contribution in [2.24, 2.45) is 0 Å². The van der Waals surface area contributed by atoms with Gasteiger partial charge in [-0.1, -0.05) is 80.1 Å². The van der Waals surface area contributed by atoms with Gasteiger partial charge in [0.1, 0.15) is 0 Å². The van der Waals surface area contributed by atoms with Gasteiger partial charge in [-0.25, -0.2) is 0 Å². The smallest absolute Gasteiger partial charge is 0.0533 e. The van der Waals surface area contributed by atoms with Crippen molar-refractivity contribution in [2.75, 3.05) is 0 Å². The lowest BCUT2D eigenvalue weighted by Gasteiger charge is -1.85. The van der Waals surface area contributed by atoms with E-state index in [2.05, 4.69) is 0 Å². The molecule has 1 aliphatic carbocycles. The van der Waals surface area contributed by atoms with Crippen LogP contribution in [-0.4, -0.2) is 0 Å². The lowest BCUT2D eigenvalue weighted by atomic mass is 10.2. The van der Waals surface area contributed by atoms with Crippen molar-refractivity contribution in [1.82, 2.24) is 0 Å². The largest absolute Gasteiger partial charge is 0.0776 e. The molecule has 0 bridgehead atoms. The summed E-state index contributed by atoms with van der Waals surface area (Å²) < 4.78 is 0. The number of rotatable bonds is 0. The summed E-state index contributed by atoms with van der Waals surface area (Å²) in [7, 11) is 0. The molecule has 0 nitrogen and oxygen atoms in total. The van der Waals surface area contributed by atoms with Crippen LogP contribution in [0.15, 0.2) is 0 Å². The van der Waals surface area contributed by atoms with Crippen LogP contribution in [0, 0.1) is 0 Å². The molecular weight excluding hydrogens is 144 g/mol. The maximum atomic E-state index is 2.00. The Balaban J connectivity index is -0.000000144. The topological polar surface area (TPSA) is 0 Å². The van der Waals surface area contributed by atoms with Crippen LogP contribution >= 0.6 is 0 Å². The van der Waals surface area contributed by atoms with E-state index in [1.807, 2.05) is 27.7 Å².